The second kappa shape index (κ2) is 5.55. The fraction of sp³-hybridized carbons (Fsp3) is 0.417. The van der Waals surface area contributed by atoms with Crippen molar-refractivity contribution in [2.75, 3.05) is 0 Å². The van der Waals surface area contributed by atoms with E-state index in [4.69, 9.17) is 4.42 Å². The predicted molar refractivity (Wildman–Crippen MR) is 69.9 cm³/mol. The quantitative estimate of drug-likeness (QED) is 0.795. The highest BCUT2D eigenvalue weighted by molar-refractivity contribution is 7.97. The van der Waals surface area contributed by atoms with Gasteiger partial charge in [0.05, 0.1) is 22.7 Å². The molecule has 86 valence electrons. The summed E-state index contributed by atoms with van der Waals surface area (Å²) in [4.78, 5) is 4.60. The normalized spacial score (nSPS) is 11.2. The van der Waals surface area contributed by atoms with Crippen LogP contribution < -0.4 is 0 Å². The van der Waals surface area contributed by atoms with Crippen LogP contribution in [0, 0.1) is 0 Å². The van der Waals surface area contributed by atoms with Crippen molar-refractivity contribution in [2.45, 2.75) is 31.3 Å². The Bertz CT molecular complexity index is 420. The van der Waals surface area contributed by atoms with E-state index in [0.717, 1.165) is 17.3 Å². The van der Waals surface area contributed by atoms with Gasteiger partial charge in [0.2, 0.25) is 0 Å². The largest absolute Gasteiger partial charge is 0.468 e. The van der Waals surface area contributed by atoms with Crippen molar-refractivity contribution in [3.63, 3.8) is 0 Å². The lowest BCUT2D eigenvalue weighted by molar-refractivity contribution is 0.530. The minimum Gasteiger partial charge on any atom is -0.468 e. The Balaban J connectivity index is 1.81. The van der Waals surface area contributed by atoms with Crippen LogP contribution in [0.3, 0.4) is 0 Å². The van der Waals surface area contributed by atoms with E-state index in [9.17, 15) is 0 Å². The van der Waals surface area contributed by atoms with Crippen LogP contribution in [0.1, 0.15) is 36.2 Å². The first-order valence-corrected chi connectivity index (χ1v) is 7.33. The van der Waals surface area contributed by atoms with Crippen molar-refractivity contribution >= 4 is 23.1 Å². The Labute approximate surface area is 104 Å². The van der Waals surface area contributed by atoms with E-state index < -0.39 is 0 Å². The zero-order valence-corrected chi connectivity index (χ0v) is 11.1. The fourth-order valence-corrected chi connectivity index (χ4v) is 3.07. The summed E-state index contributed by atoms with van der Waals surface area (Å²) in [5.41, 5.74) is 1.19. The highest BCUT2D eigenvalue weighted by Crippen LogP contribution is 2.23. The molecule has 0 unspecified atom stereocenters. The lowest BCUT2D eigenvalue weighted by Crippen LogP contribution is -1.87. The van der Waals surface area contributed by atoms with E-state index in [1.807, 2.05) is 23.9 Å². The Morgan fingerprint density at radius 1 is 1.44 bits per heavy atom. The minimum atomic E-state index is 0.536. The summed E-state index contributed by atoms with van der Waals surface area (Å²) < 4.78 is 5.28. The van der Waals surface area contributed by atoms with Crippen LogP contribution in [-0.4, -0.2) is 4.98 Å². The topological polar surface area (TPSA) is 26.0 Å². The SMILES string of the molecule is CC(C)c1nc(CSCc2ccco2)cs1. The first-order chi connectivity index (χ1) is 7.75. The molecule has 0 N–H and O–H groups in total. The molecule has 0 amide bonds. The van der Waals surface area contributed by atoms with Gasteiger partial charge in [-0.2, -0.15) is 0 Å². The average Bonchev–Trinajstić information content (AvgIpc) is 2.87. The maximum atomic E-state index is 5.28. The molecule has 0 aromatic carbocycles. The van der Waals surface area contributed by atoms with Crippen molar-refractivity contribution in [1.29, 1.82) is 0 Å². The van der Waals surface area contributed by atoms with Gasteiger partial charge in [-0.1, -0.05) is 13.8 Å². The highest BCUT2D eigenvalue weighted by Gasteiger charge is 2.06. The number of furan rings is 1. The lowest BCUT2D eigenvalue weighted by Gasteiger charge is -1.97. The fourth-order valence-electron chi connectivity index (χ4n) is 1.31. The molecular weight excluding hydrogens is 238 g/mol. The molecule has 2 aromatic heterocycles. The second-order valence-electron chi connectivity index (χ2n) is 3.90. The Morgan fingerprint density at radius 2 is 2.31 bits per heavy atom. The Kier molecular flexibility index (Phi) is 4.07. The van der Waals surface area contributed by atoms with Gasteiger partial charge in [0, 0.05) is 17.1 Å². The van der Waals surface area contributed by atoms with Gasteiger partial charge in [0.15, 0.2) is 0 Å². The molecule has 2 nitrogen and oxygen atoms in total. The van der Waals surface area contributed by atoms with Gasteiger partial charge >= 0.3 is 0 Å². The summed E-state index contributed by atoms with van der Waals surface area (Å²) in [5, 5.41) is 3.39. The van der Waals surface area contributed by atoms with Gasteiger partial charge in [-0.05, 0) is 12.1 Å². The van der Waals surface area contributed by atoms with E-state index in [-0.39, 0.29) is 0 Å². The molecule has 16 heavy (non-hydrogen) atoms. The molecule has 4 heteroatoms. The van der Waals surface area contributed by atoms with E-state index in [1.165, 1.54) is 10.7 Å². The number of thiazole rings is 1. The number of nitrogens with zero attached hydrogens (tertiary/aromatic N) is 1. The van der Waals surface area contributed by atoms with Crippen LogP contribution in [-0.2, 0) is 11.5 Å². The van der Waals surface area contributed by atoms with Gasteiger partial charge in [0.25, 0.3) is 0 Å². The number of hydrogen-bond donors (Lipinski definition) is 0. The molecule has 0 saturated carbocycles. The van der Waals surface area contributed by atoms with E-state index in [2.05, 4.69) is 24.2 Å². The Hall–Kier alpha value is -0.740. The van der Waals surface area contributed by atoms with Crippen molar-refractivity contribution < 1.29 is 4.42 Å². The smallest absolute Gasteiger partial charge is 0.113 e. The summed E-state index contributed by atoms with van der Waals surface area (Å²) in [6.07, 6.45) is 1.72. The van der Waals surface area contributed by atoms with Gasteiger partial charge in [-0.25, -0.2) is 4.98 Å². The highest BCUT2D eigenvalue weighted by atomic mass is 32.2. The molecule has 0 bridgehead atoms. The molecule has 0 radical (unpaired) electrons. The van der Waals surface area contributed by atoms with Crippen LogP contribution in [0.25, 0.3) is 0 Å². The summed E-state index contributed by atoms with van der Waals surface area (Å²) in [6, 6.07) is 3.93. The predicted octanol–water partition coefficient (Wildman–Crippen LogP) is 4.29. The van der Waals surface area contributed by atoms with Crippen LogP contribution in [0.4, 0.5) is 0 Å². The van der Waals surface area contributed by atoms with Crippen molar-refractivity contribution in [2.24, 2.45) is 0 Å². The number of aromatic nitrogens is 1. The van der Waals surface area contributed by atoms with Crippen molar-refractivity contribution in [3.8, 4) is 0 Å². The molecule has 2 rings (SSSR count). The summed E-state index contributed by atoms with van der Waals surface area (Å²) >= 11 is 3.60. The standard InChI is InChI=1S/C12H15NOS2/c1-9(2)12-13-10(7-16-12)6-15-8-11-4-3-5-14-11/h3-5,7,9H,6,8H2,1-2H3. The van der Waals surface area contributed by atoms with Crippen LogP contribution in [0.2, 0.25) is 0 Å². The van der Waals surface area contributed by atoms with Gasteiger partial charge < -0.3 is 4.42 Å². The van der Waals surface area contributed by atoms with Gasteiger partial charge in [0.1, 0.15) is 5.76 Å². The first-order valence-electron chi connectivity index (χ1n) is 5.30. The van der Waals surface area contributed by atoms with Gasteiger partial charge in [-0.3, -0.25) is 0 Å². The molecular formula is C12H15NOS2. The zero-order valence-electron chi connectivity index (χ0n) is 9.47. The monoisotopic (exact) mass is 253 g/mol. The van der Waals surface area contributed by atoms with Crippen LogP contribution >= 0.6 is 23.1 Å². The molecule has 0 aliphatic rings. The molecule has 0 fully saturated rings. The number of thioether (sulfide) groups is 1. The minimum absolute atomic E-state index is 0.536. The number of rotatable bonds is 5. The summed E-state index contributed by atoms with van der Waals surface area (Å²) in [7, 11) is 0. The molecule has 0 aliphatic carbocycles. The third-order valence-corrected chi connectivity index (χ3v) is 4.32. The van der Waals surface area contributed by atoms with E-state index in [0.29, 0.717) is 5.92 Å². The van der Waals surface area contributed by atoms with Crippen molar-refractivity contribution in [1.82, 2.24) is 4.98 Å². The third-order valence-electron chi connectivity index (χ3n) is 2.14. The molecule has 0 atom stereocenters. The lowest BCUT2D eigenvalue weighted by atomic mass is 10.2. The van der Waals surface area contributed by atoms with E-state index >= 15 is 0 Å². The average molecular weight is 253 g/mol. The maximum absolute atomic E-state index is 5.28. The summed E-state index contributed by atoms with van der Waals surface area (Å²) in [6.45, 7) is 4.36. The molecule has 2 heterocycles. The van der Waals surface area contributed by atoms with Crippen LogP contribution in [0.15, 0.2) is 28.2 Å². The first kappa shape index (κ1) is 11.7. The summed E-state index contributed by atoms with van der Waals surface area (Å²) in [5.74, 6) is 3.45. The Morgan fingerprint density at radius 3 is 2.94 bits per heavy atom. The molecule has 2 aromatic rings. The maximum Gasteiger partial charge on any atom is 0.113 e. The molecule has 0 spiro atoms. The molecule has 0 saturated heterocycles. The second-order valence-corrected chi connectivity index (χ2v) is 5.78. The number of hydrogen-bond acceptors (Lipinski definition) is 4. The third kappa shape index (κ3) is 3.12. The zero-order chi connectivity index (χ0) is 11.4. The molecule has 0 aliphatic heterocycles. The van der Waals surface area contributed by atoms with Crippen molar-refractivity contribution in [3.05, 3.63) is 40.2 Å². The van der Waals surface area contributed by atoms with E-state index in [1.54, 1.807) is 17.6 Å². The van der Waals surface area contributed by atoms with Crippen LogP contribution in [0.5, 0.6) is 0 Å². The van der Waals surface area contributed by atoms with Gasteiger partial charge in [-0.15, -0.1) is 23.1 Å².